The van der Waals surface area contributed by atoms with Gasteiger partial charge in [0.25, 0.3) is 0 Å². The van der Waals surface area contributed by atoms with Crippen LogP contribution in [0.5, 0.6) is 0 Å². The zero-order chi connectivity index (χ0) is 18.3. The highest BCUT2D eigenvalue weighted by Crippen LogP contribution is 2.24. The average molecular weight is 372 g/mol. The number of hydrogen-bond acceptors (Lipinski definition) is 3. The van der Waals surface area contributed by atoms with Gasteiger partial charge in [-0.05, 0) is 16.7 Å². The summed E-state index contributed by atoms with van der Waals surface area (Å²) in [5.74, 6) is 1.89. The minimum atomic E-state index is 0.784. The number of hydrogen-bond donors (Lipinski definition) is 0. The SMILES string of the molecule is c1ccc(CSc2nnc(Cc3ccccc3)n2Cc2ccccc2)cc1. The first-order valence-corrected chi connectivity index (χ1v) is 10.0. The van der Waals surface area contributed by atoms with Gasteiger partial charge in [0.05, 0.1) is 6.54 Å². The van der Waals surface area contributed by atoms with Crippen molar-refractivity contribution in [3.05, 3.63) is 114 Å². The number of benzene rings is 3. The van der Waals surface area contributed by atoms with Crippen molar-refractivity contribution in [3.63, 3.8) is 0 Å². The lowest BCUT2D eigenvalue weighted by molar-refractivity contribution is 0.676. The lowest BCUT2D eigenvalue weighted by Crippen LogP contribution is -2.07. The van der Waals surface area contributed by atoms with Crippen molar-refractivity contribution in [3.8, 4) is 0 Å². The van der Waals surface area contributed by atoms with Gasteiger partial charge in [0.2, 0.25) is 0 Å². The summed E-state index contributed by atoms with van der Waals surface area (Å²) in [6.07, 6.45) is 0.784. The molecule has 27 heavy (non-hydrogen) atoms. The first-order chi connectivity index (χ1) is 13.4. The maximum Gasteiger partial charge on any atom is 0.191 e. The summed E-state index contributed by atoms with van der Waals surface area (Å²) in [5.41, 5.74) is 3.80. The summed E-state index contributed by atoms with van der Waals surface area (Å²) >= 11 is 1.74. The molecule has 4 heteroatoms. The fourth-order valence-electron chi connectivity index (χ4n) is 2.98. The summed E-state index contributed by atoms with van der Waals surface area (Å²) in [7, 11) is 0. The van der Waals surface area contributed by atoms with Gasteiger partial charge in [0, 0.05) is 12.2 Å². The standard InChI is InChI=1S/C23H21N3S/c1-4-10-19(11-5-1)16-22-24-25-23(27-18-21-14-8-3-9-15-21)26(22)17-20-12-6-2-7-13-20/h1-15H,16-18H2. The van der Waals surface area contributed by atoms with Crippen LogP contribution < -0.4 is 0 Å². The van der Waals surface area contributed by atoms with Crippen molar-refractivity contribution in [2.24, 2.45) is 0 Å². The van der Waals surface area contributed by atoms with Gasteiger partial charge in [-0.25, -0.2) is 0 Å². The van der Waals surface area contributed by atoms with Crippen LogP contribution in [0.15, 0.2) is 96.2 Å². The molecule has 4 aromatic rings. The quantitative estimate of drug-likeness (QED) is 0.418. The molecular formula is C23H21N3S. The van der Waals surface area contributed by atoms with E-state index in [4.69, 9.17) is 0 Å². The topological polar surface area (TPSA) is 30.7 Å². The molecule has 0 radical (unpaired) electrons. The minimum Gasteiger partial charge on any atom is -0.301 e. The smallest absolute Gasteiger partial charge is 0.191 e. The third kappa shape index (κ3) is 4.66. The van der Waals surface area contributed by atoms with Crippen LogP contribution in [-0.2, 0) is 18.7 Å². The Morgan fingerprint density at radius 2 is 1.19 bits per heavy atom. The van der Waals surface area contributed by atoms with Gasteiger partial charge in [0.1, 0.15) is 5.82 Å². The van der Waals surface area contributed by atoms with E-state index in [1.54, 1.807) is 11.8 Å². The van der Waals surface area contributed by atoms with Crippen LogP contribution in [-0.4, -0.2) is 14.8 Å². The highest BCUT2D eigenvalue weighted by atomic mass is 32.2. The highest BCUT2D eigenvalue weighted by Gasteiger charge is 2.14. The fourth-order valence-corrected chi connectivity index (χ4v) is 3.89. The van der Waals surface area contributed by atoms with Gasteiger partial charge in [0.15, 0.2) is 5.16 Å². The van der Waals surface area contributed by atoms with Crippen LogP contribution in [0.1, 0.15) is 22.5 Å². The summed E-state index contributed by atoms with van der Waals surface area (Å²) < 4.78 is 2.25. The number of nitrogens with zero attached hydrogens (tertiary/aromatic N) is 3. The molecule has 0 spiro atoms. The van der Waals surface area contributed by atoms with Gasteiger partial charge in [-0.15, -0.1) is 10.2 Å². The van der Waals surface area contributed by atoms with Crippen LogP contribution in [0.25, 0.3) is 0 Å². The van der Waals surface area contributed by atoms with Crippen molar-refractivity contribution in [1.29, 1.82) is 0 Å². The second-order valence-electron chi connectivity index (χ2n) is 6.41. The molecule has 3 nitrogen and oxygen atoms in total. The van der Waals surface area contributed by atoms with Crippen LogP contribution in [0.2, 0.25) is 0 Å². The maximum atomic E-state index is 4.51. The normalized spacial score (nSPS) is 10.8. The van der Waals surface area contributed by atoms with Crippen molar-refractivity contribution in [2.75, 3.05) is 0 Å². The third-order valence-corrected chi connectivity index (χ3v) is 5.43. The van der Waals surface area contributed by atoms with Crippen LogP contribution in [0, 0.1) is 0 Å². The third-order valence-electron chi connectivity index (χ3n) is 4.39. The Morgan fingerprint density at radius 3 is 1.81 bits per heavy atom. The van der Waals surface area contributed by atoms with Gasteiger partial charge in [-0.2, -0.15) is 0 Å². The zero-order valence-electron chi connectivity index (χ0n) is 15.0. The van der Waals surface area contributed by atoms with E-state index < -0.39 is 0 Å². The van der Waals surface area contributed by atoms with E-state index in [1.807, 2.05) is 18.2 Å². The Labute approximate surface area is 164 Å². The highest BCUT2D eigenvalue weighted by molar-refractivity contribution is 7.98. The molecule has 0 unspecified atom stereocenters. The molecule has 3 aromatic carbocycles. The van der Waals surface area contributed by atoms with Crippen molar-refractivity contribution < 1.29 is 0 Å². The number of thioether (sulfide) groups is 1. The van der Waals surface area contributed by atoms with Crippen LogP contribution >= 0.6 is 11.8 Å². The maximum absolute atomic E-state index is 4.51. The lowest BCUT2D eigenvalue weighted by Gasteiger charge is -2.11. The molecule has 0 aliphatic carbocycles. The molecule has 0 saturated carbocycles. The summed E-state index contributed by atoms with van der Waals surface area (Å²) in [4.78, 5) is 0. The van der Waals surface area contributed by atoms with Crippen molar-refractivity contribution in [2.45, 2.75) is 23.9 Å². The van der Waals surface area contributed by atoms with Gasteiger partial charge in [-0.1, -0.05) is 103 Å². The Balaban J connectivity index is 1.59. The molecule has 4 rings (SSSR count). The molecule has 1 heterocycles. The van der Waals surface area contributed by atoms with E-state index in [0.29, 0.717) is 0 Å². The van der Waals surface area contributed by atoms with Gasteiger partial charge in [-0.3, -0.25) is 0 Å². The molecule has 0 bridgehead atoms. The Morgan fingerprint density at radius 1 is 0.630 bits per heavy atom. The second-order valence-corrected chi connectivity index (χ2v) is 7.35. The molecule has 0 aliphatic heterocycles. The largest absolute Gasteiger partial charge is 0.301 e. The van der Waals surface area contributed by atoms with E-state index in [9.17, 15) is 0 Å². The fraction of sp³-hybridized carbons (Fsp3) is 0.130. The monoisotopic (exact) mass is 371 g/mol. The first kappa shape index (κ1) is 17.6. The molecule has 0 saturated heterocycles. The molecule has 0 fully saturated rings. The predicted molar refractivity (Wildman–Crippen MR) is 111 cm³/mol. The molecule has 1 aromatic heterocycles. The molecule has 0 amide bonds. The van der Waals surface area contributed by atoms with Crippen molar-refractivity contribution in [1.82, 2.24) is 14.8 Å². The number of rotatable bonds is 7. The second kappa shape index (κ2) is 8.69. The van der Waals surface area contributed by atoms with Gasteiger partial charge < -0.3 is 4.57 Å². The minimum absolute atomic E-state index is 0.784. The molecule has 134 valence electrons. The Bertz CT molecular complexity index is 966. The summed E-state index contributed by atoms with van der Waals surface area (Å²) in [6, 6.07) is 31.4. The molecule has 0 atom stereocenters. The van der Waals surface area contributed by atoms with Crippen LogP contribution in [0.3, 0.4) is 0 Å². The van der Waals surface area contributed by atoms with Crippen molar-refractivity contribution >= 4 is 11.8 Å². The zero-order valence-corrected chi connectivity index (χ0v) is 15.8. The Kier molecular flexibility index (Phi) is 5.65. The number of aromatic nitrogens is 3. The van der Waals surface area contributed by atoms with E-state index in [0.717, 1.165) is 29.7 Å². The molecule has 0 N–H and O–H groups in total. The van der Waals surface area contributed by atoms with E-state index in [2.05, 4.69) is 87.6 Å². The summed E-state index contributed by atoms with van der Waals surface area (Å²) in [6.45, 7) is 0.785. The molecular weight excluding hydrogens is 350 g/mol. The van der Waals surface area contributed by atoms with E-state index in [-0.39, 0.29) is 0 Å². The Hall–Kier alpha value is -2.85. The average Bonchev–Trinajstić information content (AvgIpc) is 3.10. The van der Waals surface area contributed by atoms with E-state index >= 15 is 0 Å². The van der Waals surface area contributed by atoms with E-state index in [1.165, 1.54) is 16.7 Å². The predicted octanol–water partition coefficient (Wildman–Crippen LogP) is 5.21. The van der Waals surface area contributed by atoms with Gasteiger partial charge >= 0.3 is 0 Å². The lowest BCUT2D eigenvalue weighted by atomic mass is 10.1. The first-order valence-electron chi connectivity index (χ1n) is 9.05. The molecule has 0 aliphatic rings. The summed E-state index contributed by atoms with van der Waals surface area (Å²) in [5, 5.41) is 9.98. The van der Waals surface area contributed by atoms with Crippen LogP contribution in [0.4, 0.5) is 0 Å².